The van der Waals surface area contributed by atoms with Crippen molar-refractivity contribution in [1.29, 1.82) is 0 Å². The van der Waals surface area contributed by atoms with Crippen molar-refractivity contribution in [2.45, 2.75) is 25.0 Å². The summed E-state index contributed by atoms with van der Waals surface area (Å²) in [7, 11) is 1.29. The van der Waals surface area contributed by atoms with Crippen LogP contribution in [0.4, 0.5) is 0 Å². The molecule has 0 aromatic heterocycles. The number of carboxylic acids is 1. The molecule has 0 fully saturated rings. The molecule has 128 valence electrons. The van der Waals surface area contributed by atoms with Gasteiger partial charge in [-0.1, -0.05) is 12.1 Å². The molecular weight excluding hydrogens is 318 g/mol. The van der Waals surface area contributed by atoms with Crippen molar-refractivity contribution in [3.63, 3.8) is 0 Å². The fraction of sp³-hybridized carbons (Fsp3) is 0.333. The zero-order valence-corrected chi connectivity index (χ0v) is 12.9. The predicted octanol–water partition coefficient (Wildman–Crippen LogP) is 0.299. The molecule has 1 aromatic rings. The lowest BCUT2D eigenvalue weighted by Gasteiger charge is -2.19. The summed E-state index contributed by atoms with van der Waals surface area (Å²) < 4.78 is 5.08. The molecule has 0 radical (unpaired) electrons. The number of hydrogen-bond donors (Lipinski definition) is 3. The molecule has 2 unspecified atom stereocenters. The molecular formula is C15H17N3O6. The summed E-state index contributed by atoms with van der Waals surface area (Å²) in [6.45, 7) is 0. The number of aliphatic carboxylic acids is 1. The van der Waals surface area contributed by atoms with Crippen LogP contribution in [-0.4, -0.2) is 52.0 Å². The topological polar surface area (TPSA) is 149 Å². The molecule has 2 atom stereocenters. The van der Waals surface area contributed by atoms with Gasteiger partial charge in [0.05, 0.1) is 0 Å². The van der Waals surface area contributed by atoms with Crippen molar-refractivity contribution in [1.82, 2.24) is 5.32 Å². The van der Waals surface area contributed by atoms with E-state index in [0.29, 0.717) is 11.8 Å². The van der Waals surface area contributed by atoms with Crippen LogP contribution in [0.1, 0.15) is 24.5 Å². The van der Waals surface area contributed by atoms with Gasteiger partial charge in [-0.05, 0) is 24.1 Å². The van der Waals surface area contributed by atoms with Crippen LogP contribution in [0.15, 0.2) is 24.3 Å². The highest BCUT2D eigenvalue weighted by Crippen LogP contribution is 2.20. The van der Waals surface area contributed by atoms with Crippen LogP contribution in [-0.2, 0) is 19.1 Å². The van der Waals surface area contributed by atoms with Gasteiger partial charge in [0.1, 0.15) is 11.8 Å². The molecule has 0 saturated carbocycles. The highest BCUT2D eigenvalue weighted by Gasteiger charge is 2.27. The Balaban J connectivity index is 2.78. The van der Waals surface area contributed by atoms with Gasteiger partial charge in [0.25, 0.3) is 5.91 Å². The van der Waals surface area contributed by atoms with Crippen molar-refractivity contribution in [3.05, 3.63) is 35.4 Å². The first-order chi connectivity index (χ1) is 11.4. The SMILES string of the molecule is COC(C(=O)NC(CCC(=O)C=[N+]=[N-])C(=O)O)c1ccc(O)cc1. The Kier molecular flexibility index (Phi) is 7.28. The zero-order valence-electron chi connectivity index (χ0n) is 12.9. The summed E-state index contributed by atoms with van der Waals surface area (Å²) in [4.78, 5) is 37.2. The molecule has 1 amide bonds. The number of aromatic hydroxyl groups is 1. The van der Waals surface area contributed by atoms with E-state index in [2.05, 4.69) is 10.1 Å². The number of nitrogens with one attached hydrogen (secondary N) is 1. The van der Waals surface area contributed by atoms with Gasteiger partial charge in [0.15, 0.2) is 6.10 Å². The highest BCUT2D eigenvalue weighted by molar-refractivity contribution is 6.25. The van der Waals surface area contributed by atoms with E-state index in [1.807, 2.05) is 0 Å². The Hall–Kier alpha value is -3.03. The Morgan fingerprint density at radius 1 is 1.33 bits per heavy atom. The number of ketones is 1. The van der Waals surface area contributed by atoms with Gasteiger partial charge in [0, 0.05) is 13.5 Å². The fourth-order valence-corrected chi connectivity index (χ4v) is 1.96. The van der Waals surface area contributed by atoms with Crippen LogP contribution in [0.3, 0.4) is 0 Å². The lowest BCUT2D eigenvalue weighted by atomic mass is 10.1. The van der Waals surface area contributed by atoms with E-state index in [1.54, 1.807) is 0 Å². The molecule has 0 bridgehead atoms. The summed E-state index contributed by atoms with van der Waals surface area (Å²) in [6.07, 6.45) is -0.784. The fourth-order valence-electron chi connectivity index (χ4n) is 1.96. The Labute approximate surface area is 137 Å². The second-order valence-corrected chi connectivity index (χ2v) is 4.86. The van der Waals surface area contributed by atoms with Gasteiger partial charge in [-0.2, -0.15) is 4.79 Å². The van der Waals surface area contributed by atoms with E-state index in [0.717, 1.165) is 0 Å². The number of Topliss-reactive ketones (excluding diaryl/α,β-unsaturated/α-hetero) is 1. The summed E-state index contributed by atoms with van der Waals surface area (Å²) in [6, 6.07) is 4.38. The van der Waals surface area contributed by atoms with Crippen LogP contribution >= 0.6 is 0 Å². The molecule has 9 nitrogen and oxygen atoms in total. The number of hydrogen-bond acceptors (Lipinski definition) is 5. The zero-order chi connectivity index (χ0) is 18.1. The van der Waals surface area contributed by atoms with Gasteiger partial charge in [-0.25, -0.2) is 4.79 Å². The summed E-state index contributed by atoms with van der Waals surface area (Å²) in [5, 5.41) is 20.7. The smallest absolute Gasteiger partial charge is 0.326 e. The third kappa shape index (κ3) is 5.64. The standard InChI is InChI=1S/C15H17N3O6/c1-24-13(9-2-4-10(19)5-3-9)14(21)18-12(15(22)23)7-6-11(20)8-17-16/h2-5,8,12-13,19H,6-7H2,1H3,(H,18,21)(H,22,23). The Morgan fingerprint density at radius 3 is 2.46 bits per heavy atom. The summed E-state index contributed by atoms with van der Waals surface area (Å²) >= 11 is 0. The molecule has 0 aliphatic rings. The van der Waals surface area contributed by atoms with Crippen LogP contribution in [0.5, 0.6) is 5.75 Å². The lowest BCUT2D eigenvalue weighted by molar-refractivity contribution is -0.144. The average Bonchev–Trinajstić information content (AvgIpc) is 2.53. The van der Waals surface area contributed by atoms with E-state index in [1.165, 1.54) is 31.4 Å². The second-order valence-electron chi connectivity index (χ2n) is 4.86. The van der Waals surface area contributed by atoms with Gasteiger partial charge < -0.3 is 25.8 Å². The number of nitrogens with zero attached hydrogens (tertiary/aromatic N) is 2. The van der Waals surface area contributed by atoms with Gasteiger partial charge in [-0.3, -0.25) is 9.59 Å². The van der Waals surface area contributed by atoms with Crippen molar-refractivity contribution in [2.24, 2.45) is 0 Å². The Bertz CT molecular complexity index is 652. The number of carbonyl (C=O) groups excluding carboxylic acids is 2. The number of benzene rings is 1. The number of carbonyl (C=O) groups is 3. The average molecular weight is 335 g/mol. The van der Waals surface area contributed by atoms with Crippen molar-refractivity contribution in [2.75, 3.05) is 7.11 Å². The van der Waals surface area contributed by atoms with Gasteiger partial charge >= 0.3 is 12.2 Å². The summed E-state index contributed by atoms with van der Waals surface area (Å²) in [5.74, 6) is -2.56. The third-order valence-electron chi connectivity index (χ3n) is 3.17. The van der Waals surface area contributed by atoms with E-state index in [4.69, 9.17) is 15.4 Å². The van der Waals surface area contributed by atoms with Crippen LogP contribution < -0.4 is 5.32 Å². The van der Waals surface area contributed by atoms with Gasteiger partial charge in [0.2, 0.25) is 5.78 Å². The van der Waals surface area contributed by atoms with E-state index in [9.17, 15) is 19.5 Å². The first kappa shape index (κ1) is 19.0. The summed E-state index contributed by atoms with van der Waals surface area (Å²) in [5.41, 5.74) is 8.67. The molecule has 0 spiro atoms. The van der Waals surface area contributed by atoms with E-state index >= 15 is 0 Å². The largest absolute Gasteiger partial charge is 0.508 e. The molecule has 0 aliphatic carbocycles. The van der Waals surface area contributed by atoms with Crippen molar-refractivity contribution in [3.8, 4) is 5.75 Å². The Morgan fingerprint density at radius 2 is 1.96 bits per heavy atom. The second kappa shape index (κ2) is 9.19. The maximum atomic E-state index is 12.2. The number of amides is 1. The third-order valence-corrected chi connectivity index (χ3v) is 3.17. The quantitative estimate of drug-likeness (QED) is 0.335. The van der Waals surface area contributed by atoms with Crippen molar-refractivity contribution >= 4 is 23.9 Å². The molecule has 24 heavy (non-hydrogen) atoms. The number of ether oxygens (including phenoxy) is 1. The van der Waals surface area contributed by atoms with E-state index in [-0.39, 0.29) is 18.6 Å². The molecule has 0 saturated heterocycles. The maximum Gasteiger partial charge on any atom is 0.326 e. The molecule has 1 aromatic carbocycles. The number of methoxy groups -OCH3 is 1. The number of phenolic OH excluding ortho intramolecular Hbond substituents is 1. The first-order valence-electron chi connectivity index (χ1n) is 6.94. The molecule has 3 N–H and O–H groups in total. The normalized spacial score (nSPS) is 12.5. The monoisotopic (exact) mass is 335 g/mol. The first-order valence-corrected chi connectivity index (χ1v) is 6.94. The maximum absolute atomic E-state index is 12.2. The molecule has 1 rings (SSSR count). The van der Waals surface area contributed by atoms with Gasteiger partial charge in [-0.15, -0.1) is 0 Å². The number of phenols is 1. The molecule has 0 aliphatic heterocycles. The minimum atomic E-state index is -1.31. The van der Waals surface area contributed by atoms with E-state index < -0.39 is 29.8 Å². The number of rotatable bonds is 9. The predicted molar refractivity (Wildman–Crippen MR) is 81.3 cm³/mol. The van der Waals surface area contributed by atoms with Crippen LogP contribution in [0, 0.1) is 0 Å². The van der Waals surface area contributed by atoms with Crippen LogP contribution in [0.25, 0.3) is 5.53 Å². The van der Waals surface area contributed by atoms with Crippen LogP contribution in [0.2, 0.25) is 0 Å². The van der Waals surface area contributed by atoms with Crippen molar-refractivity contribution < 1.29 is 34.1 Å². The minimum Gasteiger partial charge on any atom is -0.508 e. The highest BCUT2D eigenvalue weighted by atomic mass is 16.5. The number of carboxylic acid groups (broad SMARTS) is 1. The lowest BCUT2D eigenvalue weighted by Crippen LogP contribution is -2.43. The molecule has 0 heterocycles. The minimum absolute atomic E-state index is 0.0153. The molecule has 9 heteroatoms.